The lowest BCUT2D eigenvalue weighted by Gasteiger charge is -2.06. The molecule has 1 heterocycles. The first-order valence-electron chi connectivity index (χ1n) is 6.79. The second-order valence-corrected chi connectivity index (χ2v) is 6.43. The van der Waals surface area contributed by atoms with Crippen molar-refractivity contribution in [2.45, 2.75) is 0 Å². The third-order valence-corrected chi connectivity index (χ3v) is 4.77. The SMILES string of the molecule is COc1ccc(-c2cc(Cl)sc2-c2ccc(OC)cc2)cc1. The van der Waals surface area contributed by atoms with Crippen LogP contribution in [0, 0.1) is 0 Å². The highest BCUT2D eigenvalue weighted by atomic mass is 35.5. The van der Waals surface area contributed by atoms with Crippen molar-refractivity contribution >= 4 is 22.9 Å². The normalized spacial score (nSPS) is 10.5. The molecule has 0 aliphatic carbocycles. The minimum Gasteiger partial charge on any atom is -0.497 e. The molecule has 0 saturated heterocycles. The molecule has 0 radical (unpaired) electrons. The third-order valence-electron chi connectivity index (χ3n) is 3.46. The molecule has 0 spiro atoms. The Morgan fingerprint density at radius 3 is 1.77 bits per heavy atom. The van der Waals surface area contributed by atoms with Crippen LogP contribution < -0.4 is 9.47 Å². The van der Waals surface area contributed by atoms with Crippen LogP contribution in [0.3, 0.4) is 0 Å². The number of methoxy groups -OCH3 is 2. The Balaban J connectivity index is 2.04. The average Bonchev–Trinajstić information content (AvgIpc) is 2.97. The summed E-state index contributed by atoms with van der Waals surface area (Å²) >= 11 is 7.83. The smallest absolute Gasteiger partial charge is 0.118 e. The lowest BCUT2D eigenvalue weighted by Crippen LogP contribution is -1.84. The highest BCUT2D eigenvalue weighted by Gasteiger charge is 2.12. The molecule has 0 unspecified atom stereocenters. The lowest BCUT2D eigenvalue weighted by molar-refractivity contribution is 0.414. The second kappa shape index (κ2) is 6.42. The Kier molecular flexibility index (Phi) is 4.36. The van der Waals surface area contributed by atoms with E-state index >= 15 is 0 Å². The van der Waals surface area contributed by atoms with Gasteiger partial charge >= 0.3 is 0 Å². The van der Waals surface area contributed by atoms with Gasteiger partial charge in [-0.15, -0.1) is 11.3 Å². The summed E-state index contributed by atoms with van der Waals surface area (Å²) in [6.07, 6.45) is 0. The zero-order chi connectivity index (χ0) is 15.5. The highest BCUT2D eigenvalue weighted by molar-refractivity contribution is 7.20. The van der Waals surface area contributed by atoms with Crippen LogP contribution in [0.5, 0.6) is 11.5 Å². The van der Waals surface area contributed by atoms with Gasteiger partial charge in [-0.2, -0.15) is 0 Å². The standard InChI is InChI=1S/C18H15ClO2S/c1-20-14-7-3-12(4-8-14)16-11-17(19)22-18(16)13-5-9-15(21-2)10-6-13/h3-11H,1-2H3. The van der Waals surface area contributed by atoms with Gasteiger partial charge in [0.2, 0.25) is 0 Å². The number of thiophene rings is 1. The number of halogens is 1. The quantitative estimate of drug-likeness (QED) is 0.606. The van der Waals surface area contributed by atoms with E-state index in [9.17, 15) is 0 Å². The first kappa shape index (κ1) is 14.9. The highest BCUT2D eigenvalue weighted by Crippen LogP contribution is 2.42. The molecule has 2 nitrogen and oxygen atoms in total. The van der Waals surface area contributed by atoms with Gasteiger partial charge in [0.25, 0.3) is 0 Å². The molecule has 0 aliphatic heterocycles. The molecule has 0 bridgehead atoms. The molecular formula is C18H15ClO2S. The van der Waals surface area contributed by atoms with E-state index in [1.165, 1.54) is 0 Å². The molecule has 0 saturated carbocycles. The van der Waals surface area contributed by atoms with Crippen LogP contribution in [0.2, 0.25) is 4.34 Å². The largest absolute Gasteiger partial charge is 0.497 e. The number of rotatable bonds is 4. The van der Waals surface area contributed by atoms with Crippen molar-refractivity contribution < 1.29 is 9.47 Å². The van der Waals surface area contributed by atoms with Gasteiger partial charge in [-0.1, -0.05) is 23.7 Å². The van der Waals surface area contributed by atoms with Crippen molar-refractivity contribution in [1.82, 2.24) is 0 Å². The van der Waals surface area contributed by atoms with E-state index in [1.807, 2.05) is 54.6 Å². The van der Waals surface area contributed by atoms with Crippen LogP contribution in [0.25, 0.3) is 21.6 Å². The van der Waals surface area contributed by atoms with Crippen LogP contribution in [0.15, 0.2) is 54.6 Å². The van der Waals surface area contributed by atoms with Crippen LogP contribution in [0.1, 0.15) is 0 Å². The van der Waals surface area contributed by atoms with Gasteiger partial charge in [0.05, 0.1) is 18.6 Å². The zero-order valence-electron chi connectivity index (χ0n) is 12.3. The molecule has 4 heteroatoms. The first-order valence-corrected chi connectivity index (χ1v) is 7.99. The minimum absolute atomic E-state index is 0.775. The average molecular weight is 331 g/mol. The molecule has 1 aromatic heterocycles. The Labute approximate surface area is 138 Å². The van der Waals surface area contributed by atoms with E-state index in [1.54, 1.807) is 25.6 Å². The third kappa shape index (κ3) is 2.96. The van der Waals surface area contributed by atoms with Crippen LogP contribution >= 0.6 is 22.9 Å². The Morgan fingerprint density at radius 2 is 1.27 bits per heavy atom. The first-order chi connectivity index (χ1) is 10.7. The van der Waals surface area contributed by atoms with Crippen LogP contribution in [0.4, 0.5) is 0 Å². The van der Waals surface area contributed by atoms with E-state index in [2.05, 4.69) is 0 Å². The maximum absolute atomic E-state index is 6.25. The summed E-state index contributed by atoms with van der Waals surface area (Å²) < 4.78 is 11.2. The number of ether oxygens (including phenoxy) is 2. The number of hydrogen-bond acceptors (Lipinski definition) is 3. The Hall–Kier alpha value is -1.97. The lowest BCUT2D eigenvalue weighted by atomic mass is 10.0. The van der Waals surface area contributed by atoms with Crippen molar-refractivity contribution in [2.24, 2.45) is 0 Å². The molecular weight excluding hydrogens is 316 g/mol. The van der Waals surface area contributed by atoms with Gasteiger partial charge in [0.1, 0.15) is 11.5 Å². The van der Waals surface area contributed by atoms with E-state index in [0.29, 0.717) is 0 Å². The molecule has 0 aliphatic rings. The van der Waals surface area contributed by atoms with Crippen molar-refractivity contribution in [2.75, 3.05) is 14.2 Å². The van der Waals surface area contributed by atoms with Gasteiger partial charge in [-0.3, -0.25) is 0 Å². The molecule has 3 rings (SSSR count). The summed E-state index contributed by atoms with van der Waals surface area (Å²) in [5.41, 5.74) is 3.38. The molecule has 0 fully saturated rings. The number of hydrogen-bond donors (Lipinski definition) is 0. The minimum atomic E-state index is 0.775. The fraction of sp³-hybridized carbons (Fsp3) is 0.111. The molecule has 22 heavy (non-hydrogen) atoms. The van der Waals surface area contributed by atoms with E-state index in [4.69, 9.17) is 21.1 Å². The Bertz CT molecular complexity index is 696. The van der Waals surface area contributed by atoms with Gasteiger partial charge in [-0.05, 0) is 53.6 Å². The van der Waals surface area contributed by atoms with Gasteiger partial charge in [0.15, 0.2) is 0 Å². The monoisotopic (exact) mass is 330 g/mol. The van der Waals surface area contributed by atoms with Gasteiger partial charge in [-0.25, -0.2) is 0 Å². The number of benzene rings is 2. The predicted octanol–water partition coefficient (Wildman–Crippen LogP) is 5.75. The maximum Gasteiger partial charge on any atom is 0.118 e. The summed E-state index contributed by atoms with van der Waals surface area (Å²) in [5.74, 6) is 1.69. The fourth-order valence-electron chi connectivity index (χ4n) is 2.30. The predicted molar refractivity (Wildman–Crippen MR) is 93.3 cm³/mol. The van der Waals surface area contributed by atoms with Crippen molar-refractivity contribution in [3.63, 3.8) is 0 Å². The molecule has 0 N–H and O–H groups in total. The molecule has 0 amide bonds. The van der Waals surface area contributed by atoms with Gasteiger partial charge < -0.3 is 9.47 Å². The summed E-state index contributed by atoms with van der Waals surface area (Å²) in [4.78, 5) is 1.15. The van der Waals surface area contributed by atoms with Crippen molar-refractivity contribution in [3.05, 3.63) is 58.9 Å². The molecule has 2 aromatic carbocycles. The fourth-order valence-corrected chi connectivity index (χ4v) is 3.56. The topological polar surface area (TPSA) is 18.5 Å². The molecule has 3 aromatic rings. The van der Waals surface area contributed by atoms with Crippen LogP contribution in [-0.2, 0) is 0 Å². The van der Waals surface area contributed by atoms with E-state index < -0.39 is 0 Å². The summed E-state index contributed by atoms with van der Waals surface area (Å²) in [7, 11) is 3.33. The summed E-state index contributed by atoms with van der Waals surface area (Å²) in [5, 5.41) is 0. The van der Waals surface area contributed by atoms with Gasteiger partial charge in [0, 0.05) is 10.4 Å². The summed E-state index contributed by atoms with van der Waals surface area (Å²) in [6, 6.07) is 18.0. The van der Waals surface area contributed by atoms with E-state index in [0.717, 1.165) is 37.4 Å². The van der Waals surface area contributed by atoms with Crippen LogP contribution in [-0.4, -0.2) is 14.2 Å². The maximum atomic E-state index is 6.25. The molecule has 0 atom stereocenters. The molecule has 112 valence electrons. The van der Waals surface area contributed by atoms with Crippen molar-refractivity contribution in [1.29, 1.82) is 0 Å². The van der Waals surface area contributed by atoms with E-state index in [-0.39, 0.29) is 0 Å². The van der Waals surface area contributed by atoms with Crippen molar-refractivity contribution in [3.8, 4) is 33.1 Å². The zero-order valence-corrected chi connectivity index (χ0v) is 13.9. The second-order valence-electron chi connectivity index (χ2n) is 4.75. The summed E-state index contributed by atoms with van der Waals surface area (Å²) in [6.45, 7) is 0. The Morgan fingerprint density at radius 1 is 0.773 bits per heavy atom.